The number of hydrogen-bond donors (Lipinski definition) is 1. The van der Waals surface area contributed by atoms with Gasteiger partial charge in [-0.05, 0) is 17.7 Å². The third kappa shape index (κ3) is 3.71. The molecule has 0 bridgehead atoms. The smallest absolute Gasteiger partial charge is 0.259 e. The molecule has 0 heterocycles. The van der Waals surface area contributed by atoms with Crippen molar-refractivity contribution in [3.63, 3.8) is 0 Å². The monoisotopic (exact) mass is 276 g/mol. The number of hydrogen-bond acceptors (Lipinski definition) is 2. The van der Waals surface area contributed by atoms with Gasteiger partial charge in [-0.15, -0.1) is 0 Å². The largest absolute Gasteiger partial charge is 0.365 e. The Morgan fingerprint density at radius 2 is 2.00 bits per heavy atom. The van der Waals surface area contributed by atoms with Gasteiger partial charge in [-0.25, -0.2) is 0 Å². The van der Waals surface area contributed by atoms with Crippen molar-refractivity contribution in [2.45, 2.75) is 0 Å². The highest BCUT2D eigenvalue weighted by Crippen LogP contribution is 2.15. The fraction of sp³-hybridized carbons (Fsp3) is 0. The fourth-order valence-corrected chi connectivity index (χ4v) is 1.54. The Balaban J connectivity index is 2.96. The number of benzene rings is 1. The average Bonchev–Trinajstić information content (AvgIpc) is 2.27. The molecule has 16 heavy (non-hydrogen) atoms. The highest BCUT2D eigenvalue weighted by atomic mass is 79.9. The molecular weight excluding hydrogens is 268 g/mol. The van der Waals surface area contributed by atoms with Gasteiger partial charge in [0.05, 0.1) is 0 Å². The Bertz CT molecular complexity index is 483. The van der Waals surface area contributed by atoms with E-state index in [0.29, 0.717) is 4.48 Å². The Hall–Kier alpha value is -1.86. The summed E-state index contributed by atoms with van der Waals surface area (Å²) in [5.41, 5.74) is 5.89. The van der Waals surface area contributed by atoms with Crippen LogP contribution in [-0.2, 0) is 4.79 Å². The maximum absolute atomic E-state index is 10.8. The van der Waals surface area contributed by atoms with Crippen LogP contribution >= 0.6 is 15.9 Å². The number of amides is 1. The lowest BCUT2D eigenvalue weighted by molar-refractivity contribution is -0.114. The highest BCUT2D eigenvalue weighted by Gasteiger charge is 2.02. The van der Waals surface area contributed by atoms with E-state index in [2.05, 4.69) is 15.9 Å². The summed E-state index contributed by atoms with van der Waals surface area (Å²) in [6.07, 6.45) is 3.19. The van der Waals surface area contributed by atoms with E-state index < -0.39 is 5.91 Å². The van der Waals surface area contributed by atoms with Crippen molar-refractivity contribution in [2.24, 2.45) is 5.73 Å². The van der Waals surface area contributed by atoms with Crippen molar-refractivity contribution in [3.05, 3.63) is 52.0 Å². The zero-order valence-electron chi connectivity index (χ0n) is 8.35. The van der Waals surface area contributed by atoms with Crippen LogP contribution in [0.25, 0.3) is 6.08 Å². The molecule has 0 saturated heterocycles. The minimum Gasteiger partial charge on any atom is -0.365 e. The van der Waals surface area contributed by atoms with Crippen LogP contribution in [0, 0.1) is 11.3 Å². The summed E-state index contributed by atoms with van der Waals surface area (Å²) in [5, 5.41) is 8.64. The van der Waals surface area contributed by atoms with E-state index in [0.717, 1.165) is 5.56 Å². The number of nitrogens with zero attached hydrogens (tertiary/aromatic N) is 1. The molecule has 0 aliphatic heterocycles. The molecule has 0 unspecified atom stereocenters. The van der Waals surface area contributed by atoms with Crippen LogP contribution < -0.4 is 5.73 Å². The summed E-state index contributed by atoms with van der Waals surface area (Å²) in [4.78, 5) is 10.8. The number of carbonyl (C=O) groups excluding carboxylic acids is 1. The molecule has 1 aromatic rings. The lowest BCUT2D eigenvalue weighted by atomic mass is 10.2. The van der Waals surface area contributed by atoms with Crippen molar-refractivity contribution in [1.29, 1.82) is 5.26 Å². The van der Waals surface area contributed by atoms with Gasteiger partial charge in [-0.3, -0.25) is 4.79 Å². The molecule has 0 fully saturated rings. The van der Waals surface area contributed by atoms with Gasteiger partial charge in [0, 0.05) is 4.48 Å². The van der Waals surface area contributed by atoms with Crippen LogP contribution in [0.1, 0.15) is 5.56 Å². The fourth-order valence-electron chi connectivity index (χ4n) is 1.05. The maximum Gasteiger partial charge on any atom is 0.259 e. The Morgan fingerprint density at radius 3 is 2.50 bits per heavy atom. The predicted octanol–water partition coefficient (Wildman–Crippen LogP) is 2.36. The normalized spacial score (nSPS) is 12.0. The standard InChI is InChI=1S/C12H9BrN2O/c13-11(7-10(8-14)12(15)16)6-9-4-2-1-3-5-9/h1-7H,(H2,15,16)/b10-7+,11-6-. The highest BCUT2D eigenvalue weighted by molar-refractivity contribution is 9.12. The van der Waals surface area contributed by atoms with Crippen molar-refractivity contribution in [3.8, 4) is 6.07 Å². The molecule has 80 valence electrons. The van der Waals surface area contributed by atoms with Gasteiger partial charge in [0.2, 0.25) is 0 Å². The molecule has 0 spiro atoms. The van der Waals surface area contributed by atoms with Crippen LogP contribution in [0.4, 0.5) is 0 Å². The van der Waals surface area contributed by atoms with Crippen molar-refractivity contribution < 1.29 is 4.79 Å². The molecule has 3 nitrogen and oxygen atoms in total. The molecule has 0 saturated carbocycles. The number of carbonyl (C=O) groups is 1. The molecule has 0 aliphatic rings. The summed E-state index contributed by atoms with van der Waals surface area (Å²) in [7, 11) is 0. The van der Waals surface area contributed by atoms with Gasteiger partial charge in [0.25, 0.3) is 5.91 Å². The molecule has 0 atom stereocenters. The predicted molar refractivity (Wildman–Crippen MR) is 66.2 cm³/mol. The number of halogens is 1. The Labute approximate surface area is 102 Å². The molecule has 0 aliphatic carbocycles. The minimum absolute atomic E-state index is 0.0842. The average molecular weight is 277 g/mol. The maximum atomic E-state index is 10.8. The quantitative estimate of drug-likeness (QED) is 0.523. The topological polar surface area (TPSA) is 66.9 Å². The van der Waals surface area contributed by atoms with Crippen LogP contribution in [-0.4, -0.2) is 5.91 Å². The third-order valence-electron chi connectivity index (χ3n) is 1.77. The number of nitrogens with two attached hydrogens (primary N) is 1. The molecule has 4 heteroatoms. The summed E-state index contributed by atoms with van der Waals surface area (Å²) in [5.74, 6) is -0.735. The Morgan fingerprint density at radius 1 is 1.38 bits per heavy atom. The SMILES string of the molecule is N#C/C(=C\C(Br)=C\c1ccccc1)C(N)=O. The minimum atomic E-state index is -0.735. The Kier molecular flexibility index (Phi) is 4.49. The molecule has 0 radical (unpaired) electrons. The lowest BCUT2D eigenvalue weighted by Gasteiger charge is -1.94. The van der Waals surface area contributed by atoms with Crippen LogP contribution in [0.2, 0.25) is 0 Å². The first-order chi connectivity index (χ1) is 7.63. The van der Waals surface area contributed by atoms with E-state index in [4.69, 9.17) is 11.0 Å². The first kappa shape index (κ1) is 12.2. The second kappa shape index (κ2) is 5.89. The van der Waals surface area contributed by atoms with E-state index in [1.54, 1.807) is 12.1 Å². The summed E-state index contributed by atoms with van der Waals surface area (Å²) in [6, 6.07) is 11.3. The second-order valence-electron chi connectivity index (χ2n) is 2.97. The van der Waals surface area contributed by atoms with Crippen molar-refractivity contribution in [2.75, 3.05) is 0 Å². The number of nitriles is 1. The van der Waals surface area contributed by atoms with Crippen molar-refractivity contribution >= 4 is 27.9 Å². The van der Waals surface area contributed by atoms with Gasteiger partial charge in [0.1, 0.15) is 11.6 Å². The molecule has 2 N–H and O–H groups in total. The van der Waals surface area contributed by atoms with E-state index in [1.165, 1.54) is 6.08 Å². The zero-order valence-corrected chi connectivity index (χ0v) is 9.94. The van der Waals surface area contributed by atoms with Gasteiger partial charge in [0.15, 0.2) is 0 Å². The first-order valence-corrected chi connectivity index (χ1v) is 5.26. The van der Waals surface area contributed by atoms with E-state index >= 15 is 0 Å². The number of allylic oxidation sites excluding steroid dienone is 2. The molecule has 1 rings (SSSR count). The van der Waals surface area contributed by atoms with E-state index in [1.807, 2.05) is 30.3 Å². The lowest BCUT2D eigenvalue weighted by Crippen LogP contribution is -2.12. The number of primary amides is 1. The van der Waals surface area contributed by atoms with Gasteiger partial charge >= 0.3 is 0 Å². The second-order valence-corrected chi connectivity index (χ2v) is 3.89. The number of rotatable bonds is 3. The summed E-state index contributed by atoms with van der Waals surface area (Å²) >= 11 is 3.25. The van der Waals surface area contributed by atoms with Crippen LogP contribution in [0.5, 0.6) is 0 Å². The van der Waals surface area contributed by atoms with Gasteiger partial charge in [-0.1, -0.05) is 46.3 Å². The summed E-state index contributed by atoms with van der Waals surface area (Å²) < 4.78 is 0.619. The van der Waals surface area contributed by atoms with Crippen LogP contribution in [0.15, 0.2) is 46.5 Å². The van der Waals surface area contributed by atoms with E-state index in [9.17, 15) is 4.79 Å². The van der Waals surface area contributed by atoms with Gasteiger partial charge < -0.3 is 5.73 Å². The first-order valence-electron chi connectivity index (χ1n) is 4.47. The molecule has 1 aromatic carbocycles. The van der Waals surface area contributed by atoms with Crippen LogP contribution in [0.3, 0.4) is 0 Å². The molecular formula is C12H9BrN2O. The van der Waals surface area contributed by atoms with Gasteiger partial charge in [-0.2, -0.15) is 5.26 Å². The summed E-state index contributed by atoms with van der Waals surface area (Å²) in [6.45, 7) is 0. The van der Waals surface area contributed by atoms with E-state index in [-0.39, 0.29) is 5.57 Å². The third-order valence-corrected chi connectivity index (χ3v) is 2.23. The molecule has 0 aromatic heterocycles. The molecule has 1 amide bonds. The van der Waals surface area contributed by atoms with Crippen molar-refractivity contribution in [1.82, 2.24) is 0 Å². The zero-order chi connectivity index (χ0) is 12.0.